The predicted octanol–water partition coefficient (Wildman–Crippen LogP) is 2.18. The normalized spacial score (nSPS) is 11.6. The lowest BCUT2D eigenvalue weighted by Crippen LogP contribution is -2.30. The summed E-state index contributed by atoms with van der Waals surface area (Å²) in [5.41, 5.74) is 1.05. The number of nitrogens with zero attached hydrogens (tertiary/aromatic N) is 1. The van der Waals surface area contributed by atoms with Crippen LogP contribution in [0.25, 0.3) is 0 Å². The molecule has 2 rings (SSSR count). The fourth-order valence-corrected chi connectivity index (χ4v) is 1.71. The van der Waals surface area contributed by atoms with Gasteiger partial charge in [-0.2, -0.15) is 0 Å². The summed E-state index contributed by atoms with van der Waals surface area (Å²) in [5, 5.41) is 6.22. The molecule has 0 aliphatic carbocycles. The van der Waals surface area contributed by atoms with E-state index in [2.05, 4.69) is 10.5 Å². The molecule has 0 radical (unpaired) electrons. The number of anilines is 1. The summed E-state index contributed by atoms with van der Waals surface area (Å²) in [6, 6.07) is 8.37. The van der Waals surface area contributed by atoms with Crippen molar-refractivity contribution in [3.05, 3.63) is 41.8 Å². The number of para-hydroxylation sites is 2. The first-order chi connectivity index (χ1) is 10.5. The molecule has 1 heterocycles. The number of benzene rings is 1. The molecule has 1 aromatic carbocycles. The number of ether oxygens (including phenoxy) is 2. The number of aryl methyl sites for hydroxylation is 1. The lowest BCUT2D eigenvalue weighted by molar-refractivity contribution is -0.123. The molecule has 7 nitrogen and oxygen atoms in total. The second-order valence-corrected chi connectivity index (χ2v) is 4.57. The minimum atomic E-state index is -0.997. The van der Waals surface area contributed by atoms with Gasteiger partial charge in [0.25, 0.3) is 5.91 Å². The smallest absolute Gasteiger partial charge is 0.377 e. The van der Waals surface area contributed by atoms with Crippen LogP contribution in [-0.2, 0) is 9.53 Å². The van der Waals surface area contributed by atoms with Gasteiger partial charge in [0.1, 0.15) is 5.75 Å². The van der Waals surface area contributed by atoms with Crippen LogP contribution in [0.2, 0.25) is 0 Å². The van der Waals surface area contributed by atoms with Crippen LogP contribution in [0.4, 0.5) is 5.69 Å². The Balaban J connectivity index is 1.99. The number of amides is 1. The minimum absolute atomic E-state index is 0.0468. The van der Waals surface area contributed by atoms with E-state index in [1.165, 1.54) is 20.1 Å². The van der Waals surface area contributed by atoms with Crippen molar-refractivity contribution >= 4 is 17.6 Å². The van der Waals surface area contributed by atoms with Gasteiger partial charge in [-0.15, -0.1) is 0 Å². The first-order valence-electron chi connectivity index (χ1n) is 6.59. The molecule has 1 atom stereocenters. The van der Waals surface area contributed by atoms with E-state index < -0.39 is 18.0 Å². The van der Waals surface area contributed by atoms with Gasteiger partial charge in [0, 0.05) is 6.07 Å². The van der Waals surface area contributed by atoms with Crippen molar-refractivity contribution in [3.63, 3.8) is 0 Å². The van der Waals surface area contributed by atoms with Crippen molar-refractivity contribution in [1.29, 1.82) is 0 Å². The van der Waals surface area contributed by atoms with Crippen LogP contribution in [-0.4, -0.2) is 30.2 Å². The first kappa shape index (κ1) is 15.6. The Kier molecular flexibility index (Phi) is 4.77. The lowest BCUT2D eigenvalue weighted by atomic mass is 10.2. The van der Waals surface area contributed by atoms with Crippen molar-refractivity contribution in [2.45, 2.75) is 20.0 Å². The number of hydrogen-bond donors (Lipinski definition) is 1. The molecule has 0 aliphatic heterocycles. The SMILES string of the molecule is COc1ccccc1NC(=O)[C@@H](C)OC(=O)c1cc(C)no1. The van der Waals surface area contributed by atoms with Crippen LogP contribution >= 0.6 is 0 Å². The second-order valence-electron chi connectivity index (χ2n) is 4.57. The molecule has 22 heavy (non-hydrogen) atoms. The van der Waals surface area contributed by atoms with Crippen molar-refractivity contribution in [3.8, 4) is 5.75 Å². The molecule has 2 aromatic rings. The van der Waals surface area contributed by atoms with E-state index in [1.54, 1.807) is 31.2 Å². The van der Waals surface area contributed by atoms with Crippen LogP contribution in [0.5, 0.6) is 5.75 Å². The summed E-state index contributed by atoms with van der Waals surface area (Å²) in [6.07, 6.45) is -0.997. The van der Waals surface area contributed by atoms with Gasteiger partial charge in [0.2, 0.25) is 5.76 Å². The van der Waals surface area contributed by atoms with Gasteiger partial charge in [-0.1, -0.05) is 17.3 Å². The number of esters is 1. The summed E-state index contributed by atoms with van der Waals surface area (Å²) in [7, 11) is 1.50. The lowest BCUT2D eigenvalue weighted by Gasteiger charge is -2.14. The van der Waals surface area contributed by atoms with Gasteiger partial charge in [0.15, 0.2) is 6.10 Å². The van der Waals surface area contributed by atoms with Crippen LogP contribution < -0.4 is 10.1 Å². The van der Waals surface area contributed by atoms with Crippen LogP contribution in [0, 0.1) is 6.92 Å². The maximum atomic E-state index is 12.1. The van der Waals surface area contributed by atoms with Crippen molar-refractivity contribution in [2.75, 3.05) is 12.4 Å². The van der Waals surface area contributed by atoms with E-state index in [0.29, 0.717) is 17.1 Å². The molecular formula is C15H16N2O5. The second kappa shape index (κ2) is 6.75. The zero-order valence-corrected chi connectivity index (χ0v) is 12.5. The summed E-state index contributed by atoms with van der Waals surface area (Å²) in [5.74, 6) is -0.757. The topological polar surface area (TPSA) is 90.7 Å². The number of hydrogen-bond acceptors (Lipinski definition) is 6. The molecule has 0 aliphatic rings. The molecule has 1 amide bonds. The fraction of sp³-hybridized carbons (Fsp3) is 0.267. The largest absolute Gasteiger partial charge is 0.495 e. The standard InChI is InChI=1S/C15H16N2O5/c1-9-8-13(22-17-9)15(19)21-10(2)14(18)16-11-6-4-5-7-12(11)20-3/h4-8,10H,1-3H3,(H,16,18)/t10-/m1/s1. The predicted molar refractivity (Wildman–Crippen MR) is 77.7 cm³/mol. The van der Waals surface area contributed by atoms with Crippen molar-refractivity contribution in [1.82, 2.24) is 5.16 Å². The summed E-state index contributed by atoms with van der Waals surface area (Å²) >= 11 is 0. The van der Waals surface area contributed by atoms with E-state index in [0.717, 1.165) is 0 Å². The molecule has 1 N–H and O–H groups in total. The zero-order chi connectivity index (χ0) is 16.1. The molecule has 0 spiro atoms. The maximum Gasteiger partial charge on any atom is 0.377 e. The average molecular weight is 304 g/mol. The molecule has 0 saturated carbocycles. The summed E-state index contributed by atoms with van der Waals surface area (Å²) in [6.45, 7) is 3.14. The molecule has 0 bridgehead atoms. The Bertz CT molecular complexity index is 680. The van der Waals surface area contributed by atoms with E-state index >= 15 is 0 Å². The van der Waals surface area contributed by atoms with Gasteiger partial charge in [-0.05, 0) is 26.0 Å². The molecule has 0 unspecified atom stereocenters. The number of carbonyl (C=O) groups is 2. The van der Waals surface area contributed by atoms with Gasteiger partial charge in [-0.3, -0.25) is 4.79 Å². The highest BCUT2D eigenvalue weighted by Gasteiger charge is 2.22. The van der Waals surface area contributed by atoms with E-state index in [-0.39, 0.29) is 5.76 Å². The average Bonchev–Trinajstić information content (AvgIpc) is 2.94. The molecule has 0 saturated heterocycles. The first-order valence-corrected chi connectivity index (χ1v) is 6.59. The van der Waals surface area contributed by atoms with Crippen LogP contribution in [0.3, 0.4) is 0 Å². The number of rotatable bonds is 5. The van der Waals surface area contributed by atoms with Gasteiger partial charge in [-0.25, -0.2) is 4.79 Å². The van der Waals surface area contributed by atoms with Gasteiger partial charge in [0.05, 0.1) is 18.5 Å². The van der Waals surface area contributed by atoms with Crippen molar-refractivity contribution in [2.24, 2.45) is 0 Å². The highest BCUT2D eigenvalue weighted by molar-refractivity contribution is 5.97. The fourth-order valence-electron chi connectivity index (χ4n) is 1.71. The Labute approximate surface area is 127 Å². The monoisotopic (exact) mass is 304 g/mol. The highest BCUT2D eigenvalue weighted by atomic mass is 16.6. The quantitative estimate of drug-likeness (QED) is 0.851. The third-order valence-corrected chi connectivity index (χ3v) is 2.85. The van der Waals surface area contributed by atoms with Crippen LogP contribution in [0.1, 0.15) is 23.2 Å². The van der Waals surface area contributed by atoms with E-state index in [9.17, 15) is 9.59 Å². The third-order valence-electron chi connectivity index (χ3n) is 2.85. The highest BCUT2D eigenvalue weighted by Crippen LogP contribution is 2.23. The number of methoxy groups -OCH3 is 1. The Morgan fingerprint density at radius 3 is 2.68 bits per heavy atom. The Morgan fingerprint density at radius 2 is 2.05 bits per heavy atom. The van der Waals surface area contributed by atoms with Crippen molar-refractivity contribution < 1.29 is 23.6 Å². The van der Waals surface area contributed by atoms with Gasteiger partial charge < -0.3 is 19.3 Å². The van der Waals surface area contributed by atoms with E-state index in [4.69, 9.17) is 14.0 Å². The molecular weight excluding hydrogens is 288 g/mol. The van der Waals surface area contributed by atoms with Gasteiger partial charge >= 0.3 is 5.97 Å². The third kappa shape index (κ3) is 3.63. The Hall–Kier alpha value is -2.83. The van der Waals surface area contributed by atoms with Crippen LogP contribution in [0.15, 0.2) is 34.9 Å². The number of carbonyl (C=O) groups excluding carboxylic acids is 2. The van der Waals surface area contributed by atoms with E-state index in [1.807, 2.05) is 0 Å². The minimum Gasteiger partial charge on any atom is -0.495 e. The maximum absolute atomic E-state index is 12.1. The molecule has 1 aromatic heterocycles. The number of aromatic nitrogens is 1. The molecule has 7 heteroatoms. The Morgan fingerprint density at radius 1 is 1.32 bits per heavy atom. The summed E-state index contributed by atoms with van der Waals surface area (Å²) in [4.78, 5) is 23.9. The zero-order valence-electron chi connectivity index (χ0n) is 12.5. The molecule has 0 fully saturated rings. The summed E-state index contributed by atoms with van der Waals surface area (Å²) < 4.78 is 15.0. The number of nitrogens with one attached hydrogen (secondary N) is 1. The molecule has 116 valence electrons.